The summed E-state index contributed by atoms with van der Waals surface area (Å²) in [5.41, 5.74) is 4.10. The third kappa shape index (κ3) is 6.84. The van der Waals surface area contributed by atoms with E-state index in [4.69, 9.17) is 4.74 Å². The molecule has 0 aromatic heterocycles. The molecule has 2 aromatic rings. The quantitative estimate of drug-likeness (QED) is 0.640. The largest absolute Gasteiger partial charge is 0.494 e. The average Bonchev–Trinajstić information content (AvgIpc) is 2.76. The highest BCUT2D eigenvalue weighted by molar-refractivity contribution is 5.95. The van der Waals surface area contributed by atoms with E-state index in [0.29, 0.717) is 31.8 Å². The minimum Gasteiger partial charge on any atom is -0.494 e. The third-order valence-corrected chi connectivity index (χ3v) is 5.71. The molecule has 0 radical (unpaired) electrons. The van der Waals surface area contributed by atoms with Crippen LogP contribution in [0.3, 0.4) is 0 Å². The van der Waals surface area contributed by atoms with Crippen LogP contribution in [0.5, 0.6) is 5.75 Å². The number of aryl methyl sites for hydroxylation is 3. The van der Waals surface area contributed by atoms with Gasteiger partial charge in [-0.3, -0.25) is 9.59 Å². The molecule has 2 amide bonds. The molecule has 2 aromatic carbocycles. The highest BCUT2D eigenvalue weighted by atomic mass is 16.5. The molecule has 1 saturated heterocycles. The van der Waals surface area contributed by atoms with Crippen LogP contribution < -0.4 is 10.1 Å². The average molecular weight is 423 g/mol. The summed E-state index contributed by atoms with van der Waals surface area (Å²) < 4.78 is 5.73. The van der Waals surface area contributed by atoms with Crippen LogP contribution in [0, 0.1) is 26.7 Å². The van der Waals surface area contributed by atoms with Crippen molar-refractivity contribution in [3.05, 3.63) is 64.7 Å². The molecule has 0 bridgehead atoms. The summed E-state index contributed by atoms with van der Waals surface area (Å²) in [7, 11) is 0. The Kier molecular flexibility index (Phi) is 8.10. The second-order valence-corrected chi connectivity index (χ2v) is 8.63. The maximum absolute atomic E-state index is 12.9. The molecular weight excluding hydrogens is 388 g/mol. The van der Waals surface area contributed by atoms with Crippen molar-refractivity contribution in [1.82, 2.24) is 10.2 Å². The number of piperidine rings is 1. The van der Waals surface area contributed by atoms with Crippen LogP contribution in [-0.2, 0) is 4.79 Å². The SMILES string of the molecule is Cc1ccc(OCCCCNC(=O)C2CCCN(C(=O)c3cc(C)cc(C)c3)C2)cc1. The van der Waals surface area contributed by atoms with Gasteiger partial charge in [-0.05, 0) is 70.7 Å². The van der Waals surface area contributed by atoms with Gasteiger partial charge < -0.3 is 15.0 Å². The zero-order valence-corrected chi connectivity index (χ0v) is 18.9. The van der Waals surface area contributed by atoms with Crippen LogP contribution >= 0.6 is 0 Å². The van der Waals surface area contributed by atoms with Crippen molar-refractivity contribution in [3.63, 3.8) is 0 Å². The predicted octanol–water partition coefficient (Wildman–Crippen LogP) is 4.44. The summed E-state index contributed by atoms with van der Waals surface area (Å²) in [4.78, 5) is 27.4. The second-order valence-electron chi connectivity index (χ2n) is 8.63. The fourth-order valence-electron chi connectivity index (χ4n) is 4.06. The lowest BCUT2D eigenvalue weighted by Gasteiger charge is -2.32. The molecule has 1 unspecified atom stereocenters. The summed E-state index contributed by atoms with van der Waals surface area (Å²) in [6, 6.07) is 13.9. The summed E-state index contributed by atoms with van der Waals surface area (Å²) in [5, 5.41) is 3.04. The van der Waals surface area contributed by atoms with Gasteiger partial charge >= 0.3 is 0 Å². The van der Waals surface area contributed by atoms with Crippen LogP contribution in [0.15, 0.2) is 42.5 Å². The topological polar surface area (TPSA) is 58.6 Å². The van der Waals surface area contributed by atoms with E-state index < -0.39 is 0 Å². The number of rotatable bonds is 8. The van der Waals surface area contributed by atoms with Crippen LogP contribution in [0.25, 0.3) is 0 Å². The van der Waals surface area contributed by atoms with Gasteiger partial charge in [-0.25, -0.2) is 0 Å². The molecule has 1 atom stereocenters. The van der Waals surface area contributed by atoms with E-state index in [-0.39, 0.29) is 17.7 Å². The Hall–Kier alpha value is -2.82. The van der Waals surface area contributed by atoms with Gasteiger partial charge in [0.2, 0.25) is 5.91 Å². The zero-order valence-electron chi connectivity index (χ0n) is 18.9. The molecule has 1 aliphatic rings. The number of benzene rings is 2. The van der Waals surface area contributed by atoms with Gasteiger partial charge in [0.1, 0.15) is 5.75 Å². The lowest BCUT2D eigenvalue weighted by molar-refractivity contribution is -0.126. The van der Waals surface area contributed by atoms with Gasteiger partial charge in [0, 0.05) is 25.2 Å². The maximum atomic E-state index is 12.9. The standard InChI is InChI=1S/C26H34N2O3/c1-19-8-10-24(11-9-19)31-14-5-4-12-27-25(29)22-7-6-13-28(18-22)26(30)23-16-20(2)15-21(3)17-23/h8-11,15-17,22H,4-7,12-14,18H2,1-3H3,(H,27,29). The smallest absolute Gasteiger partial charge is 0.253 e. The Balaban J connectivity index is 1.39. The zero-order chi connectivity index (χ0) is 22.2. The van der Waals surface area contributed by atoms with Crippen molar-refractivity contribution >= 4 is 11.8 Å². The monoisotopic (exact) mass is 422 g/mol. The van der Waals surface area contributed by atoms with Crippen molar-refractivity contribution < 1.29 is 14.3 Å². The van der Waals surface area contributed by atoms with Crippen molar-refractivity contribution in [2.24, 2.45) is 5.92 Å². The molecule has 0 saturated carbocycles. The molecule has 1 N–H and O–H groups in total. The Labute approximate surface area is 185 Å². The Morgan fingerprint density at radius 3 is 2.42 bits per heavy atom. The Morgan fingerprint density at radius 2 is 1.71 bits per heavy atom. The number of carbonyl (C=O) groups is 2. The molecule has 5 nitrogen and oxygen atoms in total. The number of unbranched alkanes of at least 4 members (excludes halogenated alkanes) is 1. The van der Waals surface area contributed by atoms with E-state index in [1.807, 2.05) is 55.1 Å². The first-order valence-electron chi connectivity index (χ1n) is 11.3. The predicted molar refractivity (Wildman–Crippen MR) is 123 cm³/mol. The van der Waals surface area contributed by atoms with Crippen LogP contribution in [-0.4, -0.2) is 43.0 Å². The highest BCUT2D eigenvalue weighted by Crippen LogP contribution is 2.20. The third-order valence-electron chi connectivity index (χ3n) is 5.71. The molecule has 0 spiro atoms. The van der Waals surface area contributed by atoms with Crippen molar-refractivity contribution in [2.45, 2.75) is 46.5 Å². The normalized spacial score (nSPS) is 16.1. The van der Waals surface area contributed by atoms with Gasteiger partial charge in [-0.15, -0.1) is 0 Å². The van der Waals surface area contributed by atoms with Crippen LogP contribution in [0.2, 0.25) is 0 Å². The fourth-order valence-corrected chi connectivity index (χ4v) is 4.06. The van der Waals surface area contributed by atoms with Crippen molar-refractivity contribution in [1.29, 1.82) is 0 Å². The van der Waals surface area contributed by atoms with Gasteiger partial charge in [0.15, 0.2) is 0 Å². The van der Waals surface area contributed by atoms with Crippen molar-refractivity contribution in [2.75, 3.05) is 26.2 Å². The molecule has 31 heavy (non-hydrogen) atoms. The number of ether oxygens (including phenoxy) is 1. The summed E-state index contributed by atoms with van der Waals surface area (Å²) in [6.07, 6.45) is 3.45. The molecule has 0 aliphatic carbocycles. The summed E-state index contributed by atoms with van der Waals surface area (Å²) >= 11 is 0. The molecule has 3 rings (SSSR count). The summed E-state index contributed by atoms with van der Waals surface area (Å²) in [6.45, 7) is 8.54. The van der Waals surface area contributed by atoms with E-state index in [2.05, 4.69) is 18.3 Å². The van der Waals surface area contributed by atoms with Gasteiger partial charge in [-0.1, -0.05) is 34.9 Å². The lowest BCUT2D eigenvalue weighted by atomic mass is 9.96. The molecular formula is C26H34N2O3. The minimum absolute atomic E-state index is 0.0255. The van der Waals surface area contributed by atoms with E-state index in [1.54, 1.807) is 0 Å². The maximum Gasteiger partial charge on any atom is 0.253 e. The molecule has 1 fully saturated rings. The van der Waals surface area contributed by atoms with Gasteiger partial charge in [0.25, 0.3) is 5.91 Å². The number of hydrogen-bond donors (Lipinski definition) is 1. The first kappa shape index (κ1) is 22.9. The summed E-state index contributed by atoms with van der Waals surface area (Å²) in [5.74, 6) is 0.827. The lowest BCUT2D eigenvalue weighted by Crippen LogP contribution is -2.45. The first-order chi connectivity index (χ1) is 14.9. The van der Waals surface area contributed by atoms with E-state index in [1.165, 1.54) is 5.56 Å². The number of nitrogens with one attached hydrogen (secondary N) is 1. The van der Waals surface area contributed by atoms with E-state index >= 15 is 0 Å². The minimum atomic E-state index is -0.132. The number of carbonyl (C=O) groups excluding carboxylic acids is 2. The van der Waals surface area contributed by atoms with Crippen molar-refractivity contribution in [3.8, 4) is 5.75 Å². The molecule has 1 heterocycles. The highest BCUT2D eigenvalue weighted by Gasteiger charge is 2.28. The van der Waals surface area contributed by atoms with Gasteiger partial charge in [0.05, 0.1) is 12.5 Å². The van der Waals surface area contributed by atoms with E-state index in [9.17, 15) is 9.59 Å². The van der Waals surface area contributed by atoms with E-state index in [0.717, 1.165) is 42.6 Å². The van der Waals surface area contributed by atoms with Gasteiger partial charge in [-0.2, -0.15) is 0 Å². The molecule has 5 heteroatoms. The fraction of sp³-hybridized carbons (Fsp3) is 0.462. The van der Waals surface area contributed by atoms with Crippen LogP contribution in [0.4, 0.5) is 0 Å². The number of nitrogens with zero attached hydrogens (tertiary/aromatic N) is 1. The second kappa shape index (κ2) is 11.0. The number of likely N-dealkylation sites (tertiary alicyclic amines) is 1. The number of amides is 2. The van der Waals surface area contributed by atoms with Crippen LogP contribution in [0.1, 0.15) is 52.7 Å². The Morgan fingerprint density at radius 1 is 1.00 bits per heavy atom. The first-order valence-corrected chi connectivity index (χ1v) is 11.3. The molecule has 166 valence electrons. The Bertz CT molecular complexity index is 872. The molecule has 1 aliphatic heterocycles. The number of hydrogen-bond acceptors (Lipinski definition) is 3.